The Hall–Kier alpha value is -1.95. The van der Waals surface area contributed by atoms with Crippen molar-refractivity contribution in [2.45, 2.75) is 37.6 Å². The smallest absolute Gasteiger partial charge is 0.191 e. The molecular formula is C19H27N5S. The Morgan fingerprint density at radius 2 is 2.12 bits per heavy atom. The summed E-state index contributed by atoms with van der Waals surface area (Å²) in [5.41, 5.74) is 2.41. The molecule has 0 spiro atoms. The van der Waals surface area contributed by atoms with Crippen LogP contribution in [0.4, 0.5) is 0 Å². The monoisotopic (exact) mass is 357 g/mol. The van der Waals surface area contributed by atoms with Gasteiger partial charge in [0, 0.05) is 36.6 Å². The molecule has 2 N–H and O–H groups in total. The lowest BCUT2D eigenvalue weighted by Crippen LogP contribution is -2.43. The summed E-state index contributed by atoms with van der Waals surface area (Å²) in [6, 6.07) is 10.4. The van der Waals surface area contributed by atoms with Crippen LogP contribution in [0.5, 0.6) is 0 Å². The van der Waals surface area contributed by atoms with Gasteiger partial charge in [0.25, 0.3) is 0 Å². The number of thioether (sulfide) groups is 1. The van der Waals surface area contributed by atoms with E-state index in [-0.39, 0.29) is 0 Å². The van der Waals surface area contributed by atoms with Crippen molar-refractivity contribution in [1.82, 2.24) is 20.4 Å². The van der Waals surface area contributed by atoms with Gasteiger partial charge in [-0.3, -0.25) is 9.67 Å². The molecule has 0 aliphatic carbocycles. The van der Waals surface area contributed by atoms with E-state index in [4.69, 9.17) is 0 Å². The van der Waals surface area contributed by atoms with Crippen LogP contribution in [0.1, 0.15) is 30.9 Å². The molecule has 1 aliphatic rings. The van der Waals surface area contributed by atoms with E-state index in [1.165, 1.54) is 24.2 Å². The van der Waals surface area contributed by atoms with Gasteiger partial charge in [-0.15, -0.1) is 0 Å². The van der Waals surface area contributed by atoms with E-state index in [9.17, 15) is 0 Å². The molecule has 5 nitrogen and oxygen atoms in total. The van der Waals surface area contributed by atoms with E-state index in [2.05, 4.69) is 69.9 Å². The minimum Gasteiger partial charge on any atom is -0.355 e. The Kier molecular flexibility index (Phi) is 6.02. The van der Waals surface area contributed by atoms with E-state index in [1.807, 2.05) is 24.0 Å². The van der Waals surface area contributed by atoms with Gasteiger partial charge in [0.15, 0.2) is 5.96 Å². The zero-order valence-electron chi connectivity index (χ0n) is 15.0. The van der Waals surface area contributed by atoms with Crippen LogP contribution in [0.2, 0.25) is 0 Å². The number of hydrogen-bond acceptors (Lipinski definition) is 3. The first-order valence-electron chi connectivity index (χ1n) is 8.81. The molecule has 6 heteroatoms. The van der Waals surface area contributed by atoms with Crippen molar-refractivity contribution in [3.05, 3.63) is 53.9 Å². The second kappa shape index (κ2) is 8.43. The molecule has 134 valence electrons. The van der Waals surface area contributed by atoms with Gasteiger partial charge >= 0.3 is 0 Å². The molecule has 1 aliphatic heterocycles. The Balaban J connectivity index is 1.47. The average Bonchev–Trinajstić information content (AvgIpc) is 3.26. The summed E-state index contributed by atoms with van der Waals surface area (Å²) < 4.78 is 2.30. The Labute approximate surface area is 154 Å². The maximum absolute atomic E-state index is 4.45. The lowest BCUT2D eigenvalue weighted by Gasteiger charge is -2.24. The van der Waals surface area contributed by atoms with E-state index < -0.39 is 0 Å². The average molecular weight is 358 g/mol. The summed E-state index contributed by atoms with van der Waals surface area (Å²) in [5.74, 6) is 2.12. The molecule has 1 aromatic carbocycles. The minimum absolute atomic E-state index is 0.332. The molecule has 0 saturated carbocycles. The van der Waals surface area contributed by atoms with Gasteiger partial charge in [0.1, 0.15) is 0 Å². The number of nitrogens with one attached hydrogen (secondary N) is 2. The van der Waals surface area contributed by atoms with Crippen molar-refractivity contribution in [1.29, 1.82) is 0 Å². The molecule has 0 bridgehead atoms. The van der Waals surface area contributed by atoms with Crippen molar-refractivity contribution in [2.75, 3.05) is 19.3 Å². The van der Waals surface area contributed by atoms with Crippen molar-refractivity contribution in [3.63, 3.8) is 0 Å². The SMILES string of the molecule is CN=C(NCc1cnn(Cc2ccccc2)c1)NCC1(C)CCCS1. The molecule has 1 fully saturated rings. The first kappa shape index (κ1) is 17.9. The molecule has 2 aromatic rings. The summed E-state index contributed by atoms with van der Waals surface area (Å²) in [6.45, 7) is 4.80. The molecule has 1 saturated heterocycles. The second-order valence-electron chi connectivity index (χ2n) is 6.71. The highest BCUT2D eigenvalue weighted by Crippen LogP contribution is 2.36. The largest absolute Gasteiger partial charge is 0.355 e. The first-order valence-corrected chi connectivity index (χ1v) is 9.79. The van der Waals surface area contributed by atoms with Gasteiger partial charge in [0.05, 0.1) is 12.7 Å². The van der Waals surface area contributed by atoms with Crippen molar-refractivity contribution in [3.8, 4) is 0 Å². The third kappa shape index (κ3) is 5.26. The number of aromatic nitrogens is 2. The molecular weight excluding hydrogens is 330 g/mol. The standard InChI is InChI=1S/C19H27N5S/c1-19(9-6-10-25-19)15-22-18(20-2)21-11-17-12-23-24(14-17)13-16-7-4-3-5-8-16/h3-5,7-8,12,14H,6,9-11,13,15H2,1-2H3,(H2,20,21,22). The summed E-state index contributed by atoms with van der Waals surface area (Å²) in [5, 5.41) is 11.3. The van der Waals surface area contributed by atoms with Gasteiger partial charge in [-0.1, -0.05) is 30.3 Å². The van der Waals surface area contributed by atoms with Gasteiger partial charge < -0.3 is 10.6 Å². The van der Waals surface area contributed by atoms with Crippen LogP contribution in [-0.2, 0) is 13.1 Å². The predicted molar refractivity (Wildman–Crippen MR) is 106 cm³/mol. The zero-order valence-corrected chi connectivity index (χ0v) is 15.9. The van der Waals surface area contributed by atoms with Gasteiger partial charge in [-0.2, -0.15) is 16.9 Å². The van der Waals surface area contributed by atoms with E-state index in [0.29, 0.717) is 4.75 Å². The fourth-order valence-electron chi connectivity index (χ4n) is 3.01. The van der Waals surface area contributed by atoms with Crippen LogP contribution in [0, 0.1) is 0 Å². The molecule has 1 atom stereocenters. The normalized spacial score (nSPS) is 20.6. The van der Waals surface area contributed by atoms with E-state index in [1.54, 1.807) is 0 Å². The summed E-state index contributed by atoms with van der Waals surface area (Å²) >= 11 is 2.06. The van der Waals surface area contributed by atoms with Crippen LogP contribution in [-0.4, -0.2) is 39.8 Å². The maximum Gasteiger partial charge on any atom is 0.191 e. The van der Waals surface area contributed by atoms with Gasteiger partial charge in [-0.05, 0) is 31.1 Å². The number of hydrogen-bond donors (Lipinski definition) is 2. The minimum atomic E-state index is 0.332. The second-order valence-corrected chi connectivity index (χ2v) is 8.40. The quantitative estimate of drug-likeness (QED) is 0.617. The van der Waals surface area contributed by atoms with Crippen molar-refractivity contribution >= 4 is 17.7 Å². The summed E-state index contributed by atoms with van der Waals surface area (Å²) in [6.07, 6.45) is 6.59. The van der Waals surface area contributed by atoms with Gasteiger partial charge in [-0.25, -0.2) is 0 Å². The molecule has 2 heterocycles. The predicted octanol–water partition coefficient (Wildman–Crippen LogP) is 2.88. The molecule has 1 aromatic heterocycles. The summed E-state index contributed by atoms with van der Waals surface area (Å²) in [7, 11) is 1.82. The number of nitrogens with zero attached hydrogens (tertiary/aromatic N) is 3. The first-order chi connectivity index (χ1) is 12.2. The topological polar surface area (TPSA) is 54.2 Å². The highest BCUT2D eigenvalue weighted by Gasteiger charge is 2.29. The fourth-order valence-corrected chi connectivity index (χ4v) is 4.25. The lowest BCUT2D eigenvalue weighted by molar-refractivity contribution is 0.584. The third-order valence-electron chi connectivity index (χ3n) is 4.49. The van der Waals surface area contributed by atoms with Crippen molar-refractivity contribution in [2.24, 2.45) is 4.99 Å². The van der Waals surface area contributed by atoms with Crippen LogP contribution < -0.4 is 10.6 Å². The number of aliphatic imine (C=N–C) groups is 1. The van der Waals surface area contributed by atoms with E-state index in [0.717, 1.165) is 31.2 Å². The highest BCUT2D eigenvalue weighted by atomic mass is 32.2. The van der Waals surface area contributed by atoms with Crippen LogP contribution in [0.25, 0.3) is 0 Å². The summed E-state index contributed by atoms with van der Waals surface area (Å²) in [4.78, 5) is 4.33. The molecule has 3 rings (SSSR count). The lowest BCUT2D eigenvalue weighted by atomic mass is 10.1. The van der Waals surface area contributed by atoms with Crippen molar-refractivity contribution < 1.29 is 0 Å². The van der Waals surface area contributed by atoms with Crippen LogP contribution in [0.15, 0.2) is 47.7 Å². The number of rotatable bonds is 6. The highest BCUT2D eigenvalue weighted by molar-refractivity contribution is 8.00. The Morgan fingerprint density at radius 1 is 1.28 bits per heavy atom. The Bertz CT molecular complexity index is 689. The van der Waals surface area contributed by atoms with Crippen LogP contribution >= 0.6 is 11.8 Å². The number of guanidine groups is 1. The Morgan fingerprint density at radius 3 is 2.84 bits per heavy atom. The maximum atomic E-state index is 4.45. The fraction of sp³-hybridized carbons (Fsp3) is 0.474. The number of benzene rings is 1. The van der Waals surface area contributed by atoms with Gasteiger partial charge in [0.2, 0.25) is 0 Å². The molecule has 0 radical (unpaired) electrons. The van der Waals surface area contributed by atoms with E-state index >= 15 is 0 Å². The molecule has 25 heavy (non-hydrogen) atoms. The molecule has 0 amide bonds. The zero-order chi connectivity index (χ0) is 17.5. The third-order valence-corrected chi connectivity index (χ3v) is 6.03. The van der Waals surface area contributed by atoms with Crippen LogP contribution in [0.3, 0.4) is 0 Å². The molecule has 1 unspecified atom stereocenters.